The van der Waals surface area contributed by atoms with Crippen LogP contribution in [0.1, 0.15) is 18.9 Å². The normalized spacial score (nSPS) is 18.6. The third-order valence-corrected chi connectivity index (χ3v) is 5.65. The van der Waals surface area contributed by atoms with Crippen LogP contribution in [-0.4, -0.2) is 32.3 Å². The summed E-state index contributed by atoms with van der Waals surface area (Å²) in [5.74, 6) is 0.712. The van der Waals surface area contributed by atoms with Crippen molar-refractivity contribution in [3.63, 3.8) is 0 Å². The molecule has 0 bridgehead atoms. The van der Waals surface area contributed by atoms with Gasteiger partial charge < -0.3 is 9.88 Å². The van der Waals surface area contributed by atoms with Gasteiger partial charge in [-0.25, -0.2) is 4.98 Å². The number of aromatic nitrogens is 4. The molecule has 1 unspecified atom stereocenters. The first-order valence-electron chi connectivity index (χ1n) is 10.0. The summed E-state index contributed by atoms with van der Waals surface area (Å²) >= 11 is 4.13. The van der Waals surface area contributed by atoms with Crippen molar-refractivity contribution in [3.05, 3.63) is 66.6 Å². The molecule has 2 N–H and O–H groups in total. The zero-order valence-corrected chi connectivity index (χ0v) is 17.7. The van der Waals surface area contributed by atoms with E-state index < -0.39 is 0 Å². The number of rotatable bonds is 3. The highest BCUT2D eigenvalue weighted by molar-refractivity contribution is 7.80. The van der Waals surface area contributed by atoms with E-state index in [1.165, 1.54) is 17.5 Å². The second-order valence-electron chi connectivity index (χ2n) is 7.80. The smallest absolute Gasteiger partial charge is 0.0888 e. The van der Waals surface area contributed by atoms with E-state index in [-0.39, 0.29) is 0 Å². The van der Waals surface area contributed by atoms with E-state index in [1.54, 1.807) is 6.20 Å². The van der Waals surface area contributed by atoms with Crippen molar-refractivity contribution in [1.82, 2.24) is 25.1 Å². The summed E-state index contributed by atoms with van der Waals surface area (Å²) in [6.45, 7) is 6.49. The van der Waals surface area contributed by atoms with Gasteiger partial charge in [-0.1, -0.05) is 17.7 Å². The molecule has 0 radical (unpaired) electrons. The molecule has 0 aliphatic carbocycles. The highest BCUT2D eigenvalue weighted by atomic mass is 32.1. The molecule has 5 nitrogen and oxygen atoms in total. The van der Waals surface area contributed by atoms with Crippen molar-refractivity contribution < 1.29 is 0 Å². The Balaban J connectivity index is 0.000000216. The number of hydrogen-bond acceptors (Lipinski definition) is 4. The van der Waals surface area contributed by atoms with Crippen LogP contribution in [0.2, 0.25) is 0 Å². The van der Waals surface area contributed by atoms with Gasteiger partial charge in [0.25, 0.3) is 0 Å². The molecule has 29 heavy (non-hydrogen) atoms. The van der Waals surface area contributed by atoms with Crippen molar-refractivity contribution in [2.75, 3.05) is 6.54 Å². The standard InChI is InChI=1S/C16H19N5.C7H8S/c1-11-6-12(7-17-11)10-21-5-4-15-16(21)3-2-14(20-15)13-8-18-19-9-13;1-6-2-4-7(8)5-3-6/h2-5,8-9,11-12,17H,6-7,10H2,1H3,(H,18,19);2-5,8H,1H3/t11-,12?;/m0./s1. The van der Waals surface area contributed by atoms with Gasteiger partial charge >= 0.3 is 0 Å². The van der Waals surface area contributed by atoms with E-state index in [2.05, 4.69) is 71.0 Å². The number of thiol groups is 1. The lowest BCUT2D eigenvalue weighted by molar-refractivity contribution is 0.483. The highest BCUT2D eigenvalue weighted by Gasteiger charge is 2.21. The van der Waals surface area contributed by atoms with E-state index >= 15 is 0 Å². The van der Waals surface area contributed by atoms with Crippen LogP contribution in [0.25, 0.3) is 22.3 Å². The predicted molar refractivity (Wildman–Crippen MR) is 121 cm³/mol. The van der Waals surface area contributed by atoms with Crippen molar-refractivity contribution in [3.8, 4) is 11.3 Å². The maximum Gasteiger partial charge on any atom is 0.0888 e. The number of aryl methyl sites for hydroxylation is 1. The molecule has 1 aromatic carbocycles. The van der Waals surface area contributed by atoms with Crippen LogP contribution in [0.5, 0.6) is 0 Å². The van der Waals surface area contributed by atoms with Gasteiger partial charge in [0.2, 0.25) is 0 Å². The monoisotopic (exact) mass is 405 g/mol. The minimum Gasteiger partial charge on any atom is -0.346 e. The Labute approximate surface area is 177 Å². The van der Waals surface area contributed by atoms with Gasteiger partial charge in [-0.3, -0.25) is 5.10 Å². The van der Waals surface area contributed by atoms with E-state index in [4.69, 9.17) is 4.98 Å². The molecule has 0 spiro atoms. The average molecular weight is 406 g/mol. The van der Waals surface area contributed by atoms with Crippen LogP contribution in [0.3, 0.4) is 0 Å². The quantitative estimate of drug-likeness (QED) is 0.433. The van der Waals surface area contributed by atoms with E-state index in [1.807, 2.05) is 30.5 Å². The summed E-state index contributed by atoms with van der Waals surface area (Å²) in [6, 6.07) is 15.0. The number of H-pyrrole nitrogens is 1. The Morgan fingerprint density at radius 3 is 2.62 bits per heavy atom. The Bertz CT molecular complexity index is 1030. The molecular weight excluding hydrogens is 378 g/mol. The lowest BCUT2D eigenvalue weighted by Gasteiger charge is -2.11. The third kappa shape index (κ3) is 4.89. The summed E-state index contributed by atoms with van der Waals surface area (Å²) in [7, 11) is 0. The van der Waals surface area contributed by atoms with E-state index in [0.29, 0.717) is 12.0 Å². The largest absolute Gasteiger partial charge is 0.346 e. The Morgan fingerprint density at radius 1 is 1.14 bits per heavy atom. The fourth-order valence-electron chi connectivity index (χ4n) is 3.78. The molecule has 3 aromatic heterocycles. The van der Waals surface area contributed by atoms with Crippen LogP contribution in [0.15, 0.2) is 66.0 Å². The lowest BCUT2D eigenvalue weighted by atomic mass is 10.1. The first-order chi connectivity index (χ1) is 14.1. The number of aromatic amines is 1. The molecule has 4 heterocycles. The van der Waals surface area contributed by atoms with Crippen LogP contribution in [-0.2, 0) is 6.54 Å². The molecule has 1 fully saturated rings. The molecule has 1 saturated heterocycles. The molecule has 1 aliphatic heterocycles. The first-order valence-corrected chi connectivity index (χ1v) is 10.5. The number of nitrogens with zero attached hydrogens (tertiary/aromatic N) is 3. The average Bonchev–Trinajstić information content (AvgIpc) is 3.47. The number of hydrogen-bond donors (Lipinski definition) is 3. The minimum absolute atomic E-state index is 0.641. The molecule has 0 saturated carbocycles. The van der Waals surface area contributed by atoms with Crippen LogP contribution in [0.4, 0.5) is 0 Å². The minimum atomic E-state index is 0.641. The second-order valence-corrected chi connectivity index (χ2v) is 8.32. The molecule has 2 atom stereocenters. The summed E-state index contributed by atoms with van der Waals surface area (Å²) in [4.78, 5) is 5.76. The van der Waals surface area contributed by atoms with Crippen LogP contribution < -0.4 is 5.32 Å². The first kappa shape index (κ1) is 19.7. The Kier molecular flexibility index (Phi) is 6.02. The van der Waals surface area contributed by atoms with Crippen molar-refractivity contribution >= 4 is 23.7 Å². The molecule has 5 rings (SSSR count). The maximum absolute atomic E-state index is 4.73. The van der Waals surface area contributed by atoms with Crippen molar-refractivity contribution in [2.45, 2.75) is 37.8 Å². The summed E-state index contributed by atoms with van der Waals surface area (Å²) < 4.78 is 2.33. The number of fused-ring (bicyclic) bond motifs is 1. The zero-order valence-electron chi connectivity index (χ0n) is 16.8. The van der Waals surface area contributed by atoms with E-state index in [9.17, 15) is 0 Å². The van der Waals surface area contributed by atoms with Gasteiger partial charge in [0.05, 0.1) is 22.9 Å². The summed E-state index contributed by atoms with van der Waals surface area (Å²) in [6.07, 6.45) is 7.08. The Hall–Kier alpha value is -2.57. The highest BCUT2D eigenvalue weighted by Crippen LogP contribution is 2.23. The number of nitrogens with one attached hydrogen (secondary N) is 2. The van der Waals surface area contributed by atoms with Gasteiger partial charge in [0, 0.05) is 35.4 Å². The SMILES string of the molecule is C[C@H]1CC(Cn2ccc3nc(-c4cn[nH]c4)ccc32)CN1.Cc1ccc(S)cc1. The fourth-order valence-corrected chi connectivity index (χ4v) is 3.93. The van der Waals surface area contributed by atoms with Crippen LogP contribution in [0, 0.1) is 12.8 Å². The van der Waals surface area contributed by atoms with Crippen LogP contribution >= 0.6 is 12.6 Å². The van der Waals surface area contributed by atoms with Gasteiger partial charge in [-0.05, 0) is 63.1 Å². The second kappa shape index (κ2) is 8.84. The van der Waals surface area contributed by atoms with Gasteiger partial charge in [-0.2, -0.15) is 5.10 Å². The number of pyridine rings is 1. The molecule has 1 aliphatic rings. The molecular formula is C23H27N5S. The van der Waals surface area contributed by atoms with E-state index in [0.717, 1.165) is 34.8 Å². The lowest BCUT2D eigenvalue weighted by Crippen LogP contribution is -2.17. The van der Waals surface area contributed by atoms with Crippen molar-refractivity contribution in [2.24, 2.45) is 5.92 Å². The van der Waals surface area contributed by atoms with Gasteiger partial charge in [-0.15, -0.1) is 12.6 Å². The number of benzene rings is 1. The summed E-state index contributed by atoms with van der Waals surface area (Å²) in [5, 5.41) is 10.3. The molecule has 6 heteroatoms. The van der Waals surface area contributed by atoms with Gasteiger partial charge in [0.1, 0.15) is 0 Å². The fraction of sp³-hybridized carbons (Fsp3) is 0.304. The topological polar surface area (TPSA) is 58.5 Å². The van der Waals surface area contributed by atoms with Crippen molar-refractivity contribution in [1.29, 1.82) is 0 Å². The molecule has 4 aromatic rings. The molecule has 150 valence electrons. The Morgan fingerprint density at radius 2 is 1.97 bits per heavy atom. The molecule has 0 amide bonds. The predicted octanol–water partition coefficient (Wildman–Crippen LogP) is 4.71. The van der Waals surface area contributed by atoms with Gasteiger partial charge in [0.15, 0.2) is 0 Å². The zero-order chi connectivity index (χ0) is 20.2. The third-order valence-electron chi connectivity index (χ3n) is 5.35. The maximum atomic E-state index is 4.73. The summed E-state index contributed by atoms with van der Waals surface area (Å²) in [5.41, 5.74) is 5.53.